The standard InChI is InChI=1S/C24H21N5/c1-2-29(24-17-12-19-8-6-7-9-20(19)18-24)28-27-23-15-13-22(14-16-23)26-25-21-10-4-3-5-11-21/h3-18H,2H2,1H3. The van der Waals surface area contributed by atoms with E-state index in [2.05, 4.69) is 57.8 Å². The number of benzene rings is 4. The molecule has 0 amide bonds. The monoisotopic (exact) mass is 379 g/mol. The first-order valence-electron chi connectivity index (χ1n) is 9.57. The zero-order chi connectivity index (χ0) is 19.9. The predicted molar refractivity (Wildman–Crippen MR) is 119 cm³/mol. The molecule has 5 heteroatoms. The highest BCUT2D eigenvalue weighted by Crippen LogP contribution is 2.25. The molecule has 0 unspecified atom stereocenters. The Labute approximate surface area is 170 Å². The number of nitrogens with zero attached hydrogens (tertiary/aromatic N) is 5. The van der Waals surface area contributed by atoms with E-state index < -0.39 is 0 Å². The number of hydrogen-bond acceptors (Lipinski definition) is 4. The molecular weight excluding hydrogens is 358 g/mol. The maximum atomic E-state index is 4.42. The van der Waals surface area contributed by atoms with Gasteiger partial charge in [-0.25, -0.2) is 5.01 Å². The number of fused-ring (bicyclic) bond motifs is 1. The second kappa shape index (κ2) is 8.89. The molecule has 4 aromatic carbocycles. The Bertz CT molecular complexity index is 1130. The van der Waals surface area contributed by atoms with Gasteiger partial charge in [0.25, 0.3) is 0 Å². The molecule has 4 rings (SSSR count). The zero-order valence-electron chi connectivity index (χ0n) is 16.2. The van der Waals surface area contributed by atoms with E-state index in [0.29, 0.717) is 0 Å². The molecule has 4 aromatic rings. The fourth-order valence-electron chi connectivity index (χ4n) is 2.94. The lowest BCUT2D eigenvalue weighted by atomic mass is 10.1. The Kier molecular flexibility index (Phi) is 5.67. The van der Waals surface area contributed by atoms with E-state index in [9.17, 15) is 0 Å². The van der Waals surface area contributed by atoms with Gasteiger partial charge in [-0.15, -0.1) is 5.11 Å². The summed E-state index contributed by atoms with van der Waals surface area (Å²) in [4.78, 5) is 0. The van der Waals surface area contributed by atoms with Gasteiger partial charge in [0, 0.05) is 6.54 Å². The molecule has 0 atom stereocenters. The molecule has 0 aliphatic heterocycles. The highest BCUT2D eigenvalue weighted by Gasteiger charge is 2.04. The largest absolute Gasteiger partial charge is 0.247 e. The van der Waals surface area contributed by atoms with E-state index in [0.717, 1.165) is 29.3 Å². The maximum absolute atomic E-state index is 4.42. The first-order valence-corrected chi connectivity index (χ1v) is 9.57. The number of hydrogen-bond donors (Lipinski definition) is 0. The van der Waals surface area contributed by atoms with E-state index in [-0.39, 0.29) is 0 Å². The van der Waals surface area contributed by atoms with Crippen molar-refractivity contribution in [1.82, 2.24) is 0 Å². The topological polar surface area (TPSA) is 52.7 Å². The third-order valence-corrected chi connectivity index (χ3v) is 4.49. The summed E-state index contributed by atoms with van der Waals surface area (Å²) in [6.45, 7) is 2.78. The van der Waals surface area contributed by atoms with Crippen LogP contribution in [0.25, 0.3) is 10.8 Å². The molecule has 0 N–H and O–H groups in total. The molecule has 0 saturated heterocycles. The van der Waals surface area contributed by atoms with Gasteiger partial charge in [0.15, 0.2) is 0 Å². The smallest absolute Gasteiger partial charge is 0.0875 e. The van der Waals surface area contributed by atoms with Crippen molar-refractivity contribution >= 4 is 33.5 Å². The minimum absolute atomic E-state index is 0.727. The van der Waals surface area contributed by atoms with Crippen molar-refractivity contribution < 1.29 is 0 Å². The van der Waals surface area contributed by atoms with Crippen LogP contribution < -0.4 is 5.01 Å². The van der Waals surface area contributed by atoms with Crippen LogP contribution in [-0.4, -0.2) is 6.54 Å². The van der Waals surface area contributed by atoms with Crippen molar-refractivity contribution in [2.45, 2.75) is 6.92 Å². The third kappa shape index (κ3) is 4.71. The Morgan fingerprint density at radius 2 is 1.17 bits per heavy atom. The molecule has 0 fully saturated rings. The van der Waals surface area contributed by atoms with Crippen LogP contribution in [0, 0.1) is 0 Å². The van der Waals surface area contributed by atoms with Crippen molar-refractivity contribution in [2.75, 3.05) is 11.6 Å². The zero-order valence-corrected chi connectivity index (χ0v) is 16.2. The fourth-order valence-corrected chi connectivity index (χ4v) is 2.94. The first kappa shape index (κ1) is 18.5. The van der Waals surface area contributed by atoms with Crippen LogP contribution in [0.4, 0.5) is 22.7 Å². The number of rotatable bonds is 6. The molecule has 0 bridgehead atoms. The predicted octanol–water partition coefficient (Wildman–Crippen LogP) is 7.78. The lowest BCUT2D eigenvalue weighted by Gasteiger charge is -2.16. The minimum atomic E-state index is 0.727. The molecule has 0 spiro atoms. The summed E-state index contributed by atoms with van der Waals surface area (Å²) in [7, 11) is 0. The molecule has 0 heterocycles. The van der Waals surface area contributed by atoms with Crippen LogP contribution in [0.2, 0.25) is 0 Å². The van der Waals surface area contributed by atoms with Gasteiger partial charge in [0.2, 0.25) is 0 Å². The van der Waals surface area contributed by atoms with Crippen LogP contribution >= 0.6 is 0 Å². The van der Waals surface area contributed by atoms with Crippen molar-refractivity contribution in [3.63, 3.8) is 0 Å². The summed E-state index contributed by atoms with van der Waals surface area (Å²) in [6, 6.07) is 31.8. The molecule has 0 aromatic heterocycles. The van der Waals surface area contributed by atoms with Gasteiger partial charge >= 0.3 is 0 Å². The maximum Gasteiger partial charge on any atom is 0.0875 e. The first-order chi connectivity index (χ1) is 14.3. The van der Waals surface area contributed by atoms with Crippen LogP contribution in [-0.2, 0) is 0 Å². The number of azo groups is 1. The Hall–Kier alpha value is -3.86. The normalized spacial score (nSPS) is 11.5. The highest BCUT2D eigenvalue weighted by atomic mass is 15.5. The molecule has 142 valence electrons. The van der Waals surface area contributed by atoms with Crippen molar-refractivity contribution in [3.8, 4) is 0 Å². The van der Waals surface area contributed by atoms with E-state index in [1.54, 1.807) is 0 Å². The van der Waals surface area contributed by atoms with Gasteiger partial charge in [-0.1, -0.05) is 53.8 Å². The molecule has 0 saturated carbocycles. The lowest BCUT2D eigenvalue weighted by molar-refractivity contribution is 0.836. The highest BCUT2D eigenvalue weighted by molar-refractivity contribution is 5.85. The summed E-state index contributed by atoms with van der Waals surface area (Å²) in [5, 5.41) is 21.5. The van der Waals surface area contributed by atoms with Crippen LogP contribution in [0.1, 0.15) is 6.92 Å². The quantitative estimate of drug-likeness (QED) is 0.249. The Balaban J connectivity index is 1.47. The SMILES string of the molecule is CCN(N=Nc1ccc(N=Nc2ccccc2)cc1)c1ccc2ccccc2c1. The van der Waals surface area contributed by atoms with Gasteiger partial charge in [-0.2, -0.15) is 10.2 Å². The molecular formula is C24H21N5. The molecule has 0 aliphatic rings. The molecule has 29 heavy (non-hydrogen) atoms. The summed E-state index contributed by atoms with van der Waals surface area (Å²) < 4.78 is 0. The van der Waals surface area contributed by atoms with Gasteiger partial charge in [-0.05, 0) is 66.2 Å². The van der Waals surface area contributed by atoms with Crippen LogP contribution in [0.3, 0.4) is 0 Å². The summed E-state index contributed by atoms with van der Waals surface area (Å²) in [5.74, 6) is 0. The Morgan fingerprint density at radius 3 is 1.86 bits per heavy atom. The average Bonchev–Trinajstić information content (AvgIpc) is 2.79. The van der Waals surface area contributed by atoms with Crippen molar-refractivity contribution in [1.29, 1.82) is 0 Å². The molecule has 5 nitrogen and oxygen atoms in total. The van der Waals surface area contributed by atoms with Crippen LogP contribution in [0.5, 0.6) is 0 Å². The summed E-state index contributed by atoms with van der Waals surface area (Å²) >= 11 is 0. The second-order valence-corrected chi connectivity index (χ2v) is 6.49. The summed E-state index contributed by atoms with van der Waals surface area (Å²) in [5.41, 5.74) is 3.38. The van der Waals surface area contributed by atoms with Crippen molar-refractivity contribution in [2.24, 2.45) is 20.6 Å². The van der Waals surface area contributed by atoms with Gasteiger partial charge in [0.1, 0.15) is 0 Å². The molecule has 0 radical (unpaired) electrons. The van der Waals surface area contributed by atoms with Gasteiger partial charge < -0.3 is 0 Å². The summed E-state index contributed by atoms with van der Waals surface area (Å²) in [6.07, 6.45) is 0. The minimum Gasteiger partial charge on any atom is -0.247 e. The number of anilines is 1. The average molecular weight is 379 g/mol. The lowest BCUT2D eigenvalue weighted by Crippen LogP contribution is -2.14. The van der Waals surface area contributed by atoms with Crippen LogP contribution in [0.15, 0.2) is 118 Å². The fraction of sp³-hybridized carbons (Fsp3) is 0.0833. The van der Waals surface area contributed by atoms with Gasteiger partial charge in [0.05, 0.1) is 22.7 Å². The Morgan fingerprint density at radius 1 is 0.586 bits per heavy atom. The van der Waals surface area contributed by atoms with E-state index in [1.807, 2.05) is 71.7 Å². The molecule has 0 aliphatic carbocycles. The van der Waals surface area contributed by atoms with E-state index in [1.165, 1.54) is 10.8 Å². The van der Waals surface area contributed by atoms with E-state index >= 15 is 0 Å². The van der Waals surface area contributed by atoms with E-state index in [4.69, 9.17) is 0 Å². The van der Waals surface area contributed by atoms with Crippen molar-refractivity contribution in [3.05, 3.63) is 97.1 Å². The second-order valence-electron chi connectivity index (χ2n) is 6.49. The van der Waals surface area contributed by atoms with Gasteiger partial charge in [-0.3, -0.25) is 0 Å². The third-order valence-electron chi connectivity index (χ3n) is 4.49.